The lowest BCUT2D eigenvalue weighted by atomic mass is 10.1. The van der Waals surface area contributed by atoms with Crippen molar-refractivity contribution in [3.05, 3.63) is 104 Å². The number of carbonyl (C=O) groups is 2. The van der Waals surface area contributed by atoms with E-state index in [0.29, 0.717) is 20.9 Å². The van der Waals surface area contributed by atoms with Crippen LogP contribution in [0.25, 0.3) is 0 Å². The molecule has 0 aliphatic rings. The average Bonchev–Trinajstić information content (AvgIpc) is 3.42. The molecule has 2 amide bonds. The number of aromatic nitrogens is 3. The van der Waals surface area contributed by atoms with E-state index in [1.54, 1.807) is 30.3 Å². The number of carbonyl (C=O) groups excluding carboxylic acids is 2. The van der Waals surface area contributed by atoms with Gasteiger partial charge < -0.3 is 5.32 Å². The van der Waals surface area contributed by atoms with E-state index in [-0.39, 0.29) is 16.8 Å². The van der Waals surface area contributed by atoms with Crippen LogP contribution in [0, 0.1) is 0 Å². The fraction of sp³-hybridized carbons (Fsp3) is 0.0800. The van der Waals surface area contributed by atoms with Crippen LogP contribution in [0.5, 0.6) is 0 Å². The van der Waals surface area contributed by atoms with Gasteiger partial charge in [-0.05, 0) is 53.6 Å². The predicted molar refractivity (Wildman–Crippen MR) is 146 cm³/mol. The maximum Gasteiger partial charge on any atom is 0.417 e. The highest BCUT2D eigenvalue weighted by Gasteiger charge is 2.33. The lowest BCUT2D eigenvalue weighted by molar-refractivity contribution is -0.137. The van der Waals surface area contributed by atoms with Gasteiger partial charge >= 0.3 is 6.18 Å². The van der Waals surface area contributed by atoms with Crippen molar-refractivity contribution in [1.82, 2.24) is 20.6 Å². The third kappa shape index (κ3) is 7.68. The van der Waals surface area contributed by atoms with Gasteiger partial charge in [0.15, 0.2) is 0 Å². The highest BCUT2D eigenvalue weighted by Crippen LogP contribution is 2.34. The molecule has 4 rings (SSSR count). The number of nitrogens with one attached hydrogen (secondary N) is 3. The van der Waals surface area contributed by atoms with Crippen LogP contribution in [0.2, 0.25) is 5.02 Å². The van der Waals surface area contributed by atoms with Crippen LogP contribution in [-0.2, 0) is 11.9 Å². The summed E-state index contributed by atoms with van der Waals surface area (Å²) in [6.07, 6.45) is -2.10. The Kier molecular flexibility index (Phi) is 9.04. The van der Waals surface area contributed by atoms with Crippen molar-refractivity contribution in [1.29, 1.82) is 0 Å². The van der Waals surface area contributed by atoms with Gasteiger partial charge in [-0.15, -0.1) is 5.10 Å². The highest BCUT2D eigenvalue weighted by atomic mass is 79.9. The normalized spacial score (nSPS) is 11.5. The quantitative estimate of drug-likeness (QED) is 0.115. The van der Waals surface area contributed by atoms with E-state index in [0.717, 1.165) is 23.9 Å². The molecule has 0 saturated carbocycles. The van der Waals surface area contributed by atoms with Crippen molar-refractivity contribution in [2.75, 3.05) is 5.32 Å². The zero-order valence-corrected chi connectivity index (χ0v) is 22.7. The van der Waals surface area contributed by atoms with E-state index in [1.807, 2.05) is 6.07 Å². The molecule has 200 valence electrons. The van der Waals surface area contributed by atoms with Gasteiger partial charge in [-0.2, -0.15) is 18.3 Å². The van der Waals surface area contributed by atoms with Gasteiger partial charge in [0.1, 0.15) is 6.33 Å². The molecule has 0 aliphatic carbocycles. The molecule has 4 aromatic rings. The molecular formula is C25H17BrClF3N6O2S. The van der Waals surface area contributed by atoms with Crippen molar-refractivity contribution in [2.45, 2.75) is 17.1 Å². The first-order valence-electron chi connectivity index (χ1n) is 11.0. The van der Waals surface area contributed by atoms with Gasteiger partial charge in [-0.25, -0.2) is 10.4 Å². The monoisotopic (exact) mass is 636 g/mol. The molecule has 0 aliphatic heterocycles. The Balaban J connectivity index is 1.45. The number of hydrogen-bond acceptors (Lipinski definition) is 6. The van der Waals surface area contributed by atoms with E-state index >= 15 is 0 Å². The predicted octanol–water partition coefficient (Wildman–Crippen LogP) is 6.55. The zero-order chi connectivity index (χ0) is 28.0. The van der Waals surface area contributed by atoms with Crippen molar-refractivity contribution in [2.24, 2.45) is 5.10 Å². The van der Waals surface area contributed by atoms with Crippen LogP contribution < -0.4 is 10.7 Å². The number of thioether (sulfide) groups is 1. The number of hydrogen-bond donors (Lipinski definition) is 3. The molecule has 8 nitrogen and oxygen atoms in total. The lowest BCUT2D eigenvalue weighted by Gasteiger charge is -2.11. The van der Waals surface area contributed by atoms with E-state index < -0.39 is 28.6 Å². The molecule has 0 atom stereocenters. The molecule has 0 saturated heterocycles. The van der Waals surface area contributed by atoms with Crippen LogP contribution in [-0.4, -0.2) is 33.2 Å². The number of hydrazone groups is 1. The fourth-order valence-corrected chi connectivity index (χ4v) is 4.60. The second-order valence-corrected chi connectivity index (χ2v) is 10.1. The van der Waals surface area contributed by atoms with Crippen molar-refractivity contribution >= 4 is 63.0 Å². The number of nitrogens with zero attached hydrogens (tertiary/aromatic N) is 3. The molecule has 39 heavy (non-hydrogen) atoms. The molecule has 0 unspecified atom stereocenters. The maximum absolute atomic E-state index is 13.1. The Hall–Kier alpha value is -3.68. The summed E-state index contributed by atoms with van der Waals surface area (Å²) in [4.78, 5) is 29.9. The summed E-state index contributed by atoms with van der Waals surface area (Å²) < 4.78 is 39.8. The van der Waals surface area contributed by atoms with E-state index in [9.17, 15) is 22.8 Å². The molecule has 14 heteroatoms. The number of amides is 2. The van der Waals surface area contributed by atoms with Crippen LogP contribution in [0.3, 0.4) is 0 Å². The number of benzene rings is 3. The fourth-order valence-electron chi connectivity index (χ4n) is 3.29. The first-order chi connectivity index (χ1) is 18.6. The standard InChI is InChI=1S/C25H17BrClF3N6O2S/c26-17-5-7-21(34-22(37)16-3-1-2-15(8-16)12-39-24-31-13-33-36-24)18(10-17)23(38)35-32-11-14-4-6-20(27)19(9-14)25(28,29)30/h1-11,13H,12H2,(H,34,37)(H,35,38)(H,31,33,36)/b32-11+. The summed E-state index contributed by atoms with van der Waals surface area (Å²) in [6, 6.07) is 14.9. The first-order valence-corrected chi connectivity index (χ1v) is 13.1. The number of aromatic amines is 1. The second kappa shape index (κ2) is 12.5. The Morgan fingerprint density at radius 1 is 1.10 bits per heavy atom. The minimum Gasteiger partial charge on any atom is -0.321 e. The van der Waals surface area contributed by atoms with Gasteiger partial charge in [-0.3, -0.25) is 14.7 Å². The zero-order valence-electron chi connectivity index (χ0n) is 19.6. The summed E-state index contributed by atoms with van der Waals surface area (Å²) in [5.41, 5.74) is 2.87. The third-order valence-electron chi connectivity index (χ3n) is 5.10. The molecule has 3 aromatic carbocycles. The second-order valence-electron chi connectivity index (χ2n) is 7.85. The molecule has 3 N–H and O–H groups in total. The van der Waals surface area contributed by atoms with Crippen LogP contribution in [0.15, 0.2) is 81.7 Å². The van der Waals surface area contributed by atoms with Gasteiger partial charge in [0.2, 0.25) is 5.16 Å². The molecule has 0 fully saturated rings. The number of halogens is 5. The van der Waals surface area contributed by atoms with Gasteiger partial charge in [0, 0.05) is 15.8 Å². The summed E-state index contributed by atoms with van der Waals surface area (Å²) in [5, 5.41) is 13.2. The summed E-state index contributed by atoms with van der Waals surface area (Å²) in [5.74, 6) is -0.592. The highest BCUT2D eigenvalue weighted by molar-refractivity contribution is 9.10. The Morgan fingerprint density at radius 2 is 1.92 bits per heavy atom. The largest absolute Gasteiger partial charge is 0.417 e. The molecule has 0 radical (unpaired) electrons. The molecule has 1 heterocycles. The molecule has 1 aromatic heterocycles. The number of anilines is 1. The SMILES string of the molecule is O=C(Nc1ccc(Br)cc1C(=O)N/N=C/c1ccc(Cl)c(C(F)(F)F)c1)c1cccc(CSc2nc[nH]n2)c1. The van der Waals surface area contributed by atoms with Crippen LogP contribution in [0.4, 0.5) is 18.9 Å². The number of alkyl halides is 3. The smallest absolute Gasteiger partial charge is 0.321 e. The lowest BCUT2D eigenvalue weighted by Crippen LogP contribution is -2.21. The first kappa shape index (κ1) is 28.3. The van der Waals surface area contributed by atoms with E-state index in [2.05, 4.69) is 47.0 Å². The Bertz CT molecular complexity index is 1530. The van der Waals surface area contributed by atoms with E-state index in [4.69, 9.17) is 11.6 Å². The van der Waals surface area contributed by atoms with Crippen LogP contribution in [0.1, 0.15) is 37.4 Å². The van der Waals surface area contributed by atoms with Crippen molar-refractivity contribution in [3.63, 3.8) is 0 Å². The topological polar surface area (TPSA) is 112 Å². The van der Waals surface area contributed by atoms with Gasteiger partial charge in [0.05, 0.1) is 28.1 Å². The number of H-pyrrole nitrogens is 1. The minimum atomic E-state index is -4.64. The molecule has 0 bridgehead atoms. The van der Waals surface area contributed by atoms with Crippen LogP contribution >= 0.6 is 39.3 Å². The van der Waals surface area contributed by atoms with Crippen molar-refractivity contribution < 1.29 is 22.8 Å². The van der Waals surface area contributed by atoms with Crippen molar-refractivity contribution in [3.8, 4) is 0 Å². The minimum absolute atomic E-state index is 0.0795. The average molecular weight is 638 g/mol. The summed E-state index contributed by atoms with van der Waals surface area (Å²) >= 11 is 10.3. The molecular weight excluding hydrogens is 621 g/mol. The molecule has 0 spiro atoms. The summed E-state index contributed by atoms with van der Waals surface area (Å²) in [6.45, 7) is 0. The maximum atomic E-state index is 13.1. The Morgan fingerprint density at radius 3 is 2.67 bits per heavy atom. The van der Waals surface area contributed by atoms with E-state index in [1.165, 1.54) is 30.2 Å². The third-order valence-corrected chi connectivity index (χ3v) is 6.86. The summed E-state index contributed by atoms with van der Waals surface area (Å²) in [7, 11) is 0. The van der Waals surface area contributed by atoms with Gasteiger partial charge in [-0.1, -0.05) is 57.5 Å². The van der Waals surface area contributed by atoms with Gasteiger partial charge in [0.25, 0.3) is 11.8 Å². The number of rotatable bonds is 8. The Labute approximate surface area is 237 Å².